The van der Waals surface area contributed by atoms with E-state index in [1.807, 2.05) is 0 Å². The third-order valence-electron chi connectivity index (χ3n) is 3.00. The molecule has 1 amide bonds. The lowest BCUT2D eigenvalue weighted by molar-refractivity contribution is -0.146. The Hall–Kier alpha value is -1.62. The number of hydrogen-bond donors (Lipinski definition) is 1. The van der Waals surface area contributed by atoms with Crippen LogP contribution in [0.1, 0.15) is 18.0 Å². The molecule has 1 heterocycles. The van der Waals surface area contributed by atoms with E-state index in [9.17, 15) is 9.18 Å². The molecule has 2 N–H and O–H groups in total. The third-order valence-corrected chi connectivity index (χ3v) is 3.00. The summed E-state index contributed by atoms with van der Waals surface area (Å²) < 4.78 is 18.4. The minimum atomic E-state index is -0.406. The summed E-state index contributed by atoms with van der Waals surface area (Å²) in [6.45, 7) is 0.929. The Kier molecular flexibility index (Phi) is 3.28. The van der Waals surface area contributed by atoms with Gasteiger partial charge in [0.05, 0.1) is 19.6 Å². The van der Waals surface area contributed by atoms with E-state index < -0.39 is 5.82 Å². The number of nitrogens with zero attached hydrogens (tertiary/aromatic N) is 1. The standard InChI is InChI=1S/C12H15FN2O2/c1-17-11-3-2-8(6-9(11)13)10-7-12(16)15(10)5-4-14/h2-3,6,10H,4-5,7,14H2,1H3. The van der Waals surface area contributed by atoms with Gasteiger partial charge in [-0.25, -0.2) is 4.39 Å². The predicted octanol–water partition coefficient (Wildman–Crippen LogP) is 1.07. The van der Waals surface area contributed by atoms with Crippen molar-refractivity contribution in [1.29, 1.82) is 0 Å². The Bertz CT molecular complexity index is 437. The molecule has 1 atom stereocenters. The van der Waals surface area contributed by atoms with Crippen molar-refractivity contribution in [2.75, 3.05) is 20.2 Å². The fourth-order valence-electron chi connectivity index (χ4n) is 2.06. The van der Waals surface area contributed by atoms with Gasteiger partial charge in [0.15, 0.2) is 11.6 Å². The van der Waals surface area contributed by atoms with Gasteiger partial charge >= 0.3 is 0 Å². The summed E-state index contributed by atoms with van der Waals surface area (Å²) in [5.74, 6) is -0.126. The minimum Gasteiger partial charge on any atom is -0.494 e. The van der Waals surface area contributed by atoms with Gasteiger partial charge in [-0.15, -0.1) is 0 Å². The van der Waals surface area contributed by atoms with E-state index in [-0.39, 0.29) is 17.7 Å². The molecule has 2 rings (SSSR count). The number of benzene rings is 1. The molecule has 1 aromatic carbocycles. The quantitative estimate of drug-likeness (QED) is 0.798. The minimum absolute atomic E-state index is 0.0496. The van der Waals surface area contributed by atoms with E-state index in [4.69, 9.17) is 10.5 Å². The van der Waals surface area contributed by atoms with E-state index in [1.165, 1.54) is 13.2 Å². The Balaban J connectivity index is 2.18. The molecule has 0 saturated carbocycles. The van der Waals surface area contributed by atoms with Gasteiger partial charge in [0, 0.05) is 13.1 Å². The molecule has 1 aliphatic heterocycles. The van der Waals surface area contributed by atoms with E-state index in [0.717, 1.165) is 5.56 Å². The van der Waals surface area contributed by atoms with Gasteiger partial charge in [-0.1, -0.05) is 6.07 Å². The number of carbonyl (C=O) groups is 1. The summed E-state index contributed by atoms with van der Waals surface area (Å²) >= 11 is 0. The SMILES string of the molecule is COc1ccc(C2CC(=O)N2CCN)cc1F. The number of halogens is 1. The molecule has 5 heteroatoms. The third kappa shape index (κ3) is 2.10. The maximum Gasteiger partial charge on any atom is 0.225 e. The molecule has 0 aliphatic carbocycles. The van der Waals surface area contributed by atoms with Crippen LogP contribution in [0.25, 0.3) is 0 Å². The molecule has 1 fully saturated rings. The zero-order chi connectivity index (χ0) is 12.4. The number of amides is 1. The normalized spacial score (nSPS) is 19.1. The number of rotatable bonds is 4. The zero-order valence-electron chi connectivity index (χ0n) is 9.65. The topological polar surface area (TPSA) is 55.6 Å². The Morgan fingerprint density at radius 3 is 2.88 bits per heavy atom. The molecule has 0 aromatic heterocycles. The number of hydrogen-bond acceptors (Lipinski definition) is 3. The molecule has 0 bridgehead atoms. The van der Waals surface area contributed by atoms with Crippen LogP contribution in [0.2, 0.25) is 0 Å². The van der Waals surface area contributed by atoms with Crippen molar-refractivity contribution in [3.63, 3.8) is 0 Å². The molecule has 1 aromatic rings. The van der Waals surface area contributed by atoms with Crippen LogP contribution in [0.4, 0.5) is 4.39 Å². The monoisotopic (exact) mass is 238 g/mol. The van der Waals surface area contributed by atoms with Crippen LogP contribution in [-0.2, 0) is 4.79 Å². The second-order valence-corrected chi connectivity index (χ2v) is 3.99. The highest BCUT2D eigenvalue weighted by Gasteiger charge is 2.36. The number of ether oxygens (including phenoxy) is 1. The van der Waals surface area contributed by atoms with Crippen LogP contribution in [-0.4, -0.2) is 31.0 Å². The maximum absolute atomic E-state index is 13.5. The molecule has 1 aliphatic rings. The van der Waals surface area contributed by atoms with Gasteiger partial charge in [0.2, 0.25) is 5.91 Å². The second-order valence-electron chi connectivity index (χ2n) is 3.99. The summed E-state index contributed by atoms with van der Waals surface area (Å²) in [7, 11) is 1.42. The molecule has 1 saturated heterocycles. The van der Waals surface area contributed by atoms with Gasteiger partial charge in [0.1, 0.15) is 0 Å². The maximum atomic E-state index is 13.5. The first-order valence-corrected chi connectivity index (χ1v) is 5.50. The average Bonchev–Trinajstić information content (AvgIpc) is 2.33. The molecule has 0 radical (unpaired) electrons. The Morgan fingerprint density at radius 1 is 1.59 bits per heavy atom. The van der Waals surface area contributed by atoms with Crippen molar-refractivity contribution in [3.05, 3.63) is 29.6 Å². The number of likely N-dealkylation sites (tertiary alicyclic amines) is 1. The first-order valence-electron chi connectivity index (χ1n) is 5.50. The van der Waals surface area contributed by atoms with E-state index in [2.05, 4.69) is 0 Å². The Morgan fingerprint density at radius 2 is 2.35 bits per heavy atom. The van der Waals surface area contributed by atoms with Gasteiger partial charge in [-0.05, 0) is 17.7 Å². The average molecular weight is 238 g/mol. The largest absolute Gasteiger partial charge is 0.494 e. The van der Waals surface area contributed by atoms with Gasteiger partial charge in [0.25, 0.3) is 0 Å². The summed E-state index contributed by atoms with van der Waals surface area (Å²) in [6.07, 6.45) is 0.422. The molecule has 92 valence electrons. The van der Waals surface area contributed by atoms with Crippen molar-refractivity contribution in [3.8, 4) is 5.75 Å². The molecule has 0 spiro atoms. The summed E-state index contributed by atoms with van der Waals surface area (Å²) in [5, 5.41) is 0. The molecule has 17 heavy (non-hydrogen) atoms. The van der Waals surface area contributed by atoms with E-state index >= 15 is 0 Å². The van der Waals surface area contributed by atoms with Crippen LogP contribution in [0.15, 0.2) is 18.2 Å². The number of carbonyl (C=O) groups excluding carboxylic acids is 1. The highest BCUT2D eigenvalue weighted by atomic mass is 19.1. The molecular formula is C12H15FN2O2. The fourth-order valence-corrected chi connectivity index (χ4v) is 2.06. The van der Waals surface area contributed by atoms with Gasteiger partial charge < -0.3 is 15.4 Å². The van der Waals surface area contributed by atoms with Gasteiger partial charge in [-0.2, -0.15) is 0 Å². The Labute approximate surface area is 99.2 Å². The van der Waals surface area contributed by atoms with Crippen molar-refractivity contribution in [2.45, 2.75) is 12.5 Å². The van der Waals surface area contributed by atoms with Crippen molar-refractivity contribution in [1.82, 2.24) is 4.90 Å². The van der Waals surface area contributed by atoms with Crippen molar-refractivity contribution in [2.24, 2.45) is 5.73 Å². The smallest absolute Gasteiger partial charge is 0.225 e. The van der Waals surface area contributed by atoms with Crippen LogP contribution < -0.4 is 10.5 Å². The summed E-state index contributed by atoms with van der Waals surface area (Å²) in [5.41, 5.74) is 6.22. The molecule has 1 unspecified atom stereocenters. The van der Waals surface area contributed by atoms with E-state index in [0.29, 0.717) is 19.5 Å². The lowest BCUT2D eigenvalue weighted by Crippen LogP contribution is -2.48. The highest BCUT2D eigenvalue weighted by molar-refractivity contribution is 5.83. The number of nitrogens with two attached hydrogens (primary N) is 1. The summed E-state index contributed by atoms with van der Waals surface area (Å²) in [4.78, 5) is 13.0. The highest BCUT2D eigenvalue weighted by Crippen LogP contribution is 2.35. The van der Waals surface area contributed by atoms with Crippen molar-refractivity contribution >= 4 is 5.91 Å². The lowest BCUT2D eigenvalue weighted by Gasteiger charge is -2.40. The van der Waals surface area contributed by atoms with Gasteiger partial charge in [-0.3, -0.25) is 4.79 Å². The number of methoxy groups -OCH3 is 1. The van der Waals surface area contributed by atoms with Crippen LogP contribution >= 0.6 is 0 Å². The number of β-lactam (4-membered cyclic amide) rings is 1. The molecule has 4 nitrogen and oxygen atoms in total. The fraction of sp³-hybridized carbons (Fsp3) is 0.417. The summed E-state index contributed by atoms with van der Waals surface area (Å²) in [6, 6.07) is 4.72. The first kappa shape index (κ1) is 11.9. The zero-order valence-corrected chi connectivity index (χ0v) is 9.65. The van der Waals surface area contributed by atoms with Crippen LogP contribution in [0, 0.1) is 5.82 Å². The van der Waals surface area contributed by atoms with Crippen LogP contribution in [0.3, 0.4) is 0 Å². The van der Waals surface area contributed by atoms with E-state index in [1.54, 1.807) is 17.0 Å². The van der Waals surface area contributed by atoms with Crippen LogP contribution in [0.5, 0.6) is 5.75 Å². The molecular weight excluding hydrogens is 223 g/mol. The van der Waals surface area contributed by atoms with Crippen molar-refractivity contribution < 1.29 is 13.9 Å². The lowest BCUT2D eigenvalue weighted by atomic mass is 9.93. The predicted molar refractivity (Wildman–Crippen MR) is 61.1 cm³/mol. The second kappa shape index (κ2) is 4.71. The first-order chi connectivity index (χ1) is 8.17.